The van der Waals surface area contributed by atoms with E-state index in [1.165, 1.54) is 18.7 Å². The van der Waals surface area contributed by atoms with Crippen molar-refractivity contribution in [2.24, 2.45) is 5.10 Å². The first-order chi connectivity index (χ1) is 14.3. The van der Waals surface area contributed by atoms with Crippen molar-refractivity contribution in [3.05, 3.63) is 64.7 Å². The predicted molar refractivity (Wildman–Crippen MR) is 118 cm³/mol. The molecular weight excluding hydrogens is 426 g/mol. The molecule has 1 aliphatic rings. The first-order valence-electron chi connectivity index (χ1n) is 9.67. The number of aliphatic hydroxyl groups excluding tert-OH is 2. The first kappa shape index (κ1) is 22.9. The third kappa shape index (κ3) is 5.46. The Balaban J connectivity index is 1.76. The van der Waals surface area contributed by atoms with Gasteiger partial charge in [-0.1, -0.05) is 35.9 Å². The summed E-state index contributed by atoms with van der Waals surface area (Å²) in [7, 11) is 0. The van der Waals surface area contributed by atoms with Crippen LogP contribution >= 0.6 is 11.6 Å². The van der Waals surface area contributed by atoms with E-state index in [-0.39, 0.29) is 6.54 Å². The van der Waals surface area contributed by atoms with Crippen molar-refractivity contribution < 1.29 is 19.0 Å². The van der Waals surface area contributed by atoms with Crippen molar-refractivity contribution in [2.75, 3.05) is 18.1 Å². The van der Waals surface area contributed by atoms with Gasteiger partial charge >= 0.3 is 0 Å². The van der Waals surface area contributed by atoms with Crippen molar-refractivity contribution in [1.82, 2.24) is 4.90 Å². The molecule has 4 unspecified atom stereocenters. The largest absolute Gasteiger partial charge is 0.772 e. The van der Waals surface area contributed by atoms with Crippen LogP contribution in [0.4, 0.5) is 5.69 Å². The fourth-order valence-electron chi connectivity index (χ4n) is 3.44. The zero-order valence-corrected chi connectivity index (χ0v) is 18.4. The molecule has 0 aromatic heterocycles. The van der Waals surface area contributed by atoms with Gasteiger partial charge in [0.2, 0.25) is 0 Å². The van der Waals surface area contributed by atoms with Gasteiger partial charge in [-0.2, -0.15) is 5.10 Å². The van der Waals surface area contributed by atoms with Crippen molar-refractivity contribution in [3.8, 4) is 0 Å². The fraction of sp³-hybridized carbons (Fsp3) is 0.381. The summed E-state index contributed by atoms with van der Waals surface area (Å²) in [6.07, 6.45) is -1.14. The Morgan fingerprint density at radius 2 is 1.73 bits per heavy atom. The van der Waals surface area contributed by atoms with E-state index in [1.807, 2.05) is 41.4 Å². The summed E-state index contributed by atoms with van der Waals surface area (Å²) in [4.78, 5) is 1.32. The second-order valence-electron chi connectivity index (χ2n) is 7.23. The number of hydrazone groups is 1. The lowest BCUT2D eigenvalue weighted by molar-refractivity contribution is -0.0838. The van der Waals surface area contributed by atoms with Gasteiger partial charge in [-0.15, -0.1) is 0 Å². The maximum atomic E-state index is 11.8. The van der Waals surface area contributed by atoms with E-state index in [4.69, 9.17) is 11.6 Å². The first-order valence-corrected chi connectivity index (χ1v) is 11.2. The summed E-state index contributed by atoms with van der Waals surface area (Å²) in [6, 6.07) is 14.7. The Morgan fingerprint density at radius 3 is 2.27 bits per heavy atom. The summed E-state index contributed by atoms with van der Waals surface area (Å²) in [5, 5.41) is 26.0. The molecule has 0 fully saturated rings. The summed E-state index contributed by atoms with van der Waals surface area (Å²) in [5.41, 5.74) is 3.44. The van der Waals surface area contributed by atoms with E-state index < -0.39 is 28.8 Å². The van der Waals surface area contributed by atoms with Crippen LogP contribution in [-0.4, -0.2) is 55.1 Å². The normalized spacial score (nSPS) is 18.2. The lowest BCUT2D eigenvalue weighted by atomic mass is 10.1. The minimum Gasteiger partial charge on any atom is -0.772 e. The van der Waals surface area contributed by atoms with E-state index >= 15 is 0 Å². The van der Waals surface area contributed by atoms with Crippen LogP contribution in [0.25, 0.3) is 0 Å². The quantitative estimate of drug-likeness (QED) is 0.474. The van der Waals surface area contributed by atoms with Crippen molar-refractivity contribution in [3.63, 3.8) is 0 Å². The van der Waals surface area contributed by atoms with Crippen LogP contribution in [0.2, 0.25) is 5.02 Å². The topological polar surface area (TPSA) is 99.4 Å². The predicted octanol–water partition coefficient (Wildman–Crippen LogP) is 2.85. The number of hydrogen-bond donors (Lipinski definition) is 2. The van der Waals surface area contributed by atoms with Gasteiger partial charge in [0.15, 0.2) is 0 Å². The average Bonchev–Trinajstić information content (AvgIpc) is 3.18. The molecule has 3 rings (SSSR count). The molecule has 30 heavy (non-hydrogen) atoms. The van der Waals surface area contributed by atoms with Gasteiger partial charge < -0.3 is 14.8 Å². The van der Waals surface area contributed by atoms with E-state index in [0.29, 0.717) is 10.6 Å². The van der Waals surface area contributed by atoms with Crippen LogP contribution in [0, 0.1) is 0 Å². The molecule has 0 bridgehead atoms. The minimum absolute atomic E-state index is 0.0205. The lowest BCUT2D eigenvalue weighted by Crippen LogP contribution is -2.43. The van der Waals surface area contributed by atoms with Crippen molar-refractivity contribution >= 4 is 34.1 Å². The number of nitrogens with zero attached hydrogens (tertiary/aromatic N) is 3. The summed E-state index contributed by atoms with van der Waals surface area (Å²) in [6.45, 7) is 3.69. The molecule has 0 saturated carbocycles. The number of anilines is 1. The summed E-state index contributed by atoms with van der Waals surface area (Å²) < 4.78 is 23.6. The van der Waals surface area contributed by atoms with E-state index in [0.717, 1.165) is 29.9 Å². The van der Waals surface area contributed by atoms with Crippen LogP contribution in [0.3, 0.4) is 0 Å². The molecular formula is C21H25ClN3O4S-. The van der Waals surface area contributed by atoms with E-state index in [9.17, 15) is 19.0 Å². The molecule has 0 spiro atoms. The molecule has 1 heterocycles. The van der Waals surface area contributed by atoms with Crippen LogP contribution < -0.4 is 5.01 Å². The monoisotopic (exact) mass is 450 g/mol. The highest BCUT2D eigenvalue weighted by Crippen LogP contribution is 2.27. The zero-order chi connectivity index (χ0) is 21.8. The van der Waals surface area contributed by atoms with E-state index in [2.05, 4.69) is 5.10 Å². The van der Waals surface area contributed by atoms with Crippen LogP contribution in [0.1, 0.15) is 36.6 Å². The summed E-state index contributed by atoms with van der Waals surface area (Å²) >= 11 is 3.53. The number of hydrogen-bond acceptors (Lipinski definition) is 7. The fourth-order valence-corrected chi connectivity index (χ4v) is 4.24. The Hall–Kier alpha value is -1.81. The molecule has 162 valence electrons. The molecule has 2 N–H and O–H groups in total. The Morgan fingerprint density at radius 1 is 1.13 bits per heavy atom. The van der Waals surface area contributed by atoms with Crippen LogP contribution in [-0.2, 0) is 11.1 Å². The second kappa shape index (κ2) is 10.00. The van der Waals surface area contributed by atoms with Crippen molar-refractivity contribution in [2.45, 2.75) is 38.0 Å². The van der Waals surface area contributed by atoms with Crippen LogP contribution in [0.5, 0.6) is 0 Å². The average molecular weight is 451 g/mol. The number of rotatable bonds is 8. The standard InChI is InChI=1S/C21H26ClN3O4S/c1-14(26)24(15(2)27)13-21(30(28)29)17-5-9-19(10-6-17)25-12-11-20(23-25)16-3-7-18(22)8-4-16/h3-10,14-15,21,26-27H,11-13H2,1-2H3,(H,28,29)/p-1. The van der Waals surface area contributed by atoms with Gasteiger partial charge in [-0.25, -0.2) is 0 Å². The third-order valence-corrected chi connectivity index (χ3v) is 6.25. The maximum Gasteiger partial charge on any atom is 0.106 e. The van der Waals surface area contributed by atoms with Crippen molar-refractivity contribution in [1.29, 1.82) is 0 Å². The Labute approximate surface area is 183 Å². The highest BCUT2D eigenvalue weighted by atomic mass is 35.5. The molecule has 0 aliphatic carbocycles. The maximum absolute atomic E-state index is 11.8. The molecule has 1 aliphatic heterocycles. The molecule has 9 heteroatoms. The Bertz CT molecular complexity index is 895. The second-order valence-corrected chi connectivity index (χ2v) is 8.75. The number of aliphatic hydroxyl groups is 2. The zero-order valence-electron chi connectivity index (χ0n) is 16.8. The SMILES string of the molecule is CC(O)N(CC(c1ccc(N2CCC(c3ccc(Cl)cc3)=N2)cc1)S(=O)[O-])C(C)O. The van der Waals surface area contributed by atoms with Gasteiger partial charge in [0.1, 0.15) is 12.5 Å². The van der Waals surface area contributed by atoms with Gasteiger partial charge in [0.25, 0.3) is 0 Å². The number of benzene rings is 2. The van der Waals surface area contributed by atoms with Gasteiger partial charge in [0, 0.05) is 24.5 Å². The molecule has 0 radical (unpaired) electrons. The molecule has 0 saturated heterocycles. The summed E-state index contributed by atoms with van der Waals surface area (Å²) in [5.74, 6) is 0. The molecule has 4 atom stereocenters. The van der Waals surface area contributed by atoms with E-state index in [1.54, 1.807) is 12.1 Å². The highest BCUT2D eigenvalue weighted by molar-refractivity contribution is 7.79. The number of halogens is 1. The smallest absolute Gasteiger partial charge is 0.106 e. The molecule has 2 aromatic carbocycles. The third-order valence-electron chi connectivity index (χ3n) is 5.11. The van der Waals surface area contributed by atoms with Gasteiger partial charge in [0.05, 0.1) is 16.6 Å². The van der Waals surface area contributed by atoms with Crippen LogP contribution in [0.15, 0.2) is 53.6 Å². The molecule has 7 nitrogen and oxygen atoms in total. The minimum atomic E-state index is -2.42. The Kier molecular flexibility index (Phi) is 7.62. The molecule has 2 aromatic rings. The van der Waals surface area contributed by atoms with Gasteiger partial charge in [-0.05, 0) is 60.3 Å². The highest BCUT2D eigenvalue weighted by Gasteiger charge is 2.24. The lowest BCUT2D eigenvalue weighted by Gasteiger charge is -2.33. The molecule has 0 amide bonds. The van der Waals surface area contributed by atoms with Gasteiger partial charge in [-0.3, -0.25) is 14.1 Å².